The monoisotopic (exact) mass is 404 g/mol. The Morgan fingerprint density at radius 3 is 2.24 bits per heavy atom. The maximum atomic E-state index is 11.9. The van der Waals surface area contributed by atoms with Crippen molar-refractivity contribution in [1.29, 1.82) is 0 Å². The minimum atomic E-state index is -1.14. The van der Waals surface area contributed by atoms with Gasteiger partial charge in [0.15, 0.2) is 23.0 Å². The van der Waals surface area contributed by atoms with Crippen LogP contribution in [0.3, 0.4) is 0 Å². The standard InChI is InChI=1S/C21H24O8/c1-26-18-10-13(4-7-15(18)22)5-9-20(25)29-12-17(24)21(28-3)14-6-8-16(23)19(11-14)27-2/h4-11,17,21-24H,12H2,1-3H3/t17-,21+/m1/s1. The van der Waals surface area contributed by atoms with Crippen LogP contribution in [0.1, 0.15) is 17.2 Å². The molecule has 2 rings (SSSR count). The predicted molar refractivity (Wildman–Crippen MR) is 105 cm³/mol. The molecule has 0 spiro atoms. The van der Waals surface area contributed by atoms with Gasteiger partial charge in [0, 0.05) is 13.2 Å². The van der Waals surface area contributed by atoms with Gasteiger partial charge in [0.2, 0.25) is 0 Å². The number of aromatic hydroxyl groups is 2. The molecule has 0 radical (unpaired) electrons. The van der Waals surface area contributed by atoms with Crippen LogP contribution in [0.4, 0.5) is 0 Å². The molecule has 2 aromatic carbocycles. The molecule has 2 aromatic rings. The molecule has 8 heteroatoms. The molecule has 0 bridgehead atoms. The maximum absolute atomic E-state index is 11.9. The van der Waals surface area contributed by atoms with Crippen molar-refractivity contribution >= 4 is 12.0 Å². The normalized spacial score (nSPS) is 13.1. The SMILES string of the molecule is COc1cc(C=CC(=O)OC[C@@H](O)[C@@H](OC)c2ccc(O)c(OC)c2)ccc1O. The average Bonchev–Trinajstić information content (AvgIpc) is 2.73. The van der Waals surface area contributed by atoms with Gasteiger partial charge < -0.3 is 34.3 Å². The Balaban J connectivity index is 1.97. The Kier molecular flexibility index (Phi) is 7.88. The van der Waals surface area contributed by atoms with E-state index in [0.717, 1.165) is 0 Å². The van der Waals surface area contributed by atoms with Crippen molar-refractivity contribution in [1.82, 2.24) is 0 Å². The molecule has 0 aliphatic carbocycles. The number of aliphatic hydroxyl groups is 1. The first-order chi connectivity index (χ1) is 13.9. The van der Waals surface area contributed by atoms with E-state index < -0.39 is 18.2 Å². The van der Waals surface area contributed by atoms with Crippen molar-refractivity contribution < 1.29 is 39.1 Å². The summed E-state index contributed by atoms with van der Waals surface area (Å²) in [6, 6.07) is 9.15. The van der Waals surface area contributed by atoms with Crippen LogP contribution in [-0.2, 0) is 14.3 Å². The fourth-order valence-electron chi connectivity index (χ4n) is 2.65. The van der Waals surface area contributed by atoms with Crippen molar-refractivity contribution in [3.05, 3.63) is 53.6 Å². The van der Waals surface area contributed by atoms with Gasteiger partial charge in [0.1, 0.15) is 18.8 Å². The molecule has 8 nitrogen and oxygen atoms in total. The number of carbonyl (C=O) groups excluding carboxylic acids is 1. The van der Waals surface area contributed by atoms with Crippen molar-refractivity contribution in [3.63, 3.8) is 0 Å². The Bertz CT molecular complexity index is 862. The highest BCUT2D eigenvalue weighted by molar-refractivity contribution is 5.87. The lowest BCUT2D eigenvalue weighted by Gasteiger charge is -2.22. The highest BCUT2D eigenvalue weighted by Crippen LogP contribution is 2.31. The average molecular weight is 404 g/mol. The lowest BCUT2D eigenvalue weighted by atomic mass is 10.0. The minimum Gasteiger partial charge on any atom is -0.504 e. The summed E-state index contributed by atoms with van der Waals surface area (Å²) in [7, 11) is 4.25. The number of phenolic OH excluding ortho intramolecular Hbond substituents is 2. The molecule has 0 fully saturated rings. The number of esters is 1. The van der Waals surface area contributed by atoms with Gasteiger partial charge in [-0.25, -0.2) is 4.79 Å². The minimum absolute atomic E-state index is 0.00758. The smallest absolute Gasteiger partial charge is 0.330 e. The van der Waals surface area contributed by atoms with Crippen LogP contribution in [0.15, 0.2) is 42.5 Å². The third-order valence-corrected chi connectivity index (χ3v) is 4.15. The van der Waals surface area contributed by atoms with E-state index in [1.54, 1.807) is 18.2 Å². The van der Waals surface area contributed by atoms with Crippen LogP contribution in [0.25, 0.3) is 6.08 Å². The number of ether oxygens (including phenoxy) is 4. The summed E-state index contributed by atoms with van der Waals surface area (Å²) in [6.45, 7) is -0.302. The summed E-state index contributed by atoms with van der Waals surface area (Å²) in [4.78, 5) is 11.9. The number of phenols is 2. The van der Waals surface area contributed by atoms with Crippen LogP contribution in [0.5, 0.6) is 23.0 Å². The van der Waals surface area contributed by atoms with Crippen molar-refractivity contribution in [2.45, 2.75) is 12.2 Å². The van der Waals surface area contributed by atoms with E-state index in [4.69, 9.17) is 18.9 Å². The molecule has 0 saturated heterocycles. The summed E-state index contributed by atoms with van der Waals surface area (Å²) in [6.07, 6.45) is 0.766. The fraction of sp³-hybridized carbons (Fsp3) is 0.286. The second-order valence-corrected chi connectivity index (χ2v) is 6.05. The quantitative estimate of drug-likeness (QED) is 0.431. The van der Waals surface area contributed by atoms with Gasteiger partial charge in [-0.2, -0.15) is 0 Å². The third kappa shape index (κ3) is 5.87. The van der Waals surface area contributed by atoms with Gasteiger partial charge >= 0.3 is 5.97 Å². The highest BCUT2D eigenvalue weighted by atomic mass is 16.5. The predicted octanol–water partition coefficient (Wildman–Crippen LogP) is 2.42. The zero-order valence-corrected chi connectivity index (χ0v) is 16.4. The van der Waals surface area contributed by atoms with E-state index in [2.05, 4.69) is 0 Å². The lowest BCUT2D eigenvalue weighted by molar-refractivity contribution is -0.143. The molecule has 0 amide bonds. The summed E-state index contributed by atoms with van der Waals surface area (Å²) >= 11 is 0. The maximum Gasteiger partial charge on any atom is 0.330 e. The van der Waals surface area contributed by atoms with Crippen LogP contribution in [0.2, 0.25) is 0 Å². The van der Waals surface area contributed by atoms with E-state index in [1.165, 1.54) is 51.7 Å². The van der Waals surface area contributed by atoms with E-state index in [9.17, 15) is 20.1 Å². The summed E-state index contributed by atoms with van der Waals surface area (Å²) in [5, 5.41) is 29.6. The summed E-state index contributed by atoms with van der Waals surface area (Å²) in [5.74, 6) is -0.187. The topological polar surface area (TPSA) is 115 Å². The zero-order chi connectivity index (χ0) is 21.4. The van der Waals surface area contributed by atoms with Crippen molar-refractivity contribution in [3.8, 4) is 23.0 Å². The molecule has 3 N–H and O–H groups in total. The van der Waals surface area contributed by atoms with Crippen molar-refractivity contribution in [2.24, 2.45) is 0 Å². The van der Waals surface area contributed by atoms with E-state index in [-0.39, 0.29) is 29.6 Å². The third-order valence-electron chi connectivity index (χ3n) is 4.15. The molecular weight excluding hydrogens is 380 g/mol. The molecule has 2 atom stereocenters. The van der Waals surface area contributed by atoms with Crippen LogP contribution in [0, 0.1) is 0 Å². The number of carbonyl (C=O) groups is 1. The van der Waals surface area contributed by atoms with E-state index in [0.29, 0.717) is 11.1 Å². The zero-order valence-electron chi connectivity index (χ0n) is 16.4. The number of rotatable bonds is 9. The molecule has 29 heavy (non-hydrogen) atoms. The Hall–Kier alpha value is -3.23. The number of aliphatic hydroxyl groups excluding tert-OH is 1. The summed E-state index contributed by atoms with van der Waals surface area (Å²) in [5.41, 5.74) is 1.18. The second-order valence-electron chi connectivity index (χ2n) is 6.05. The fourth-order valence-corrected chi connectivity index (χ4v) is 2.65. The first kappa shape index (κ1) is 22.1. The second kappa shape index (κ2) is 10.4. The molecule has 0 aromatic heterocycles. The van der Waals surface area contributed by atoms with E-state index >= 15 is 0 Å². The Labute approximate surface area is 168 Å². The van der Waals surface area contributed by atoms with Gasteiger partial charge in [-0.3, -0.25) is 0 Å². The van der Waals surface area contributed by atoms with Crippen LogP contribution < -0.4 is 9.47 Å². The molecule has 0 unspecified atom stereocenters. The van der Waals surface area contributed by atoms with Gasteiger partial charge in [-0.05, 0) is 41.5 Å². The van der Waals surface area contributed by atoms with Crippen LogP contribution in [-0.4, -0.2) is 55.3 Å². The van der Waals surface area contributed by atoms with Crippen LogP contribution >= 0.6 is 0 Å². The largest absolute Gasteiger partial charge is 0.504 e. The number of benzene rings is 2. The molecule has 156 valence electrons. The number of hydrogen-bond donors (Lipinski definition) is 3. The molecule has 0 aliphatic heterocycles. The summed E-state index contributed by atoms with van der Waals surface area (Å²) < 4.78 is 20.4. The first-order valence-electron chi connectivity index (χ1n) is 8.69. The Morgan fingerprint density at radius 1 is 1.00 bits per heavy atom. The van der Waals surface area contributed by atoms with Crippen molar-refractivity contribution in [2.75, 3.05) is 27.9 Å². The number of methoxy groups -OCH3 is 3. The Morgan fingerprint density at radius 2 is 1.62 bits per heavy atom. The molecule has 0 heterocycles. The van der Waals surface area contributed by atoms with Gasteiger partial charge in [-0.1, -0.05) is 12.1 Å². The van der Waals surface area contributed by atoms with Gasteiger partial charge in [0.25, 0.3) is 0 Å². The lowest BCUT2D eigenvalue weighted by Crippen LogP contribution is -2.26. The van der Waals surface area contributed by atoms with E-state index in [1.807, 2.05) is 0 Å². The number of hydrogen-bond acceptors (Lipinski definition) is 8. The molecule has 0 saturated carbocycles. The van der Waals surface area contributed by atoms with Gasteiger partial charge in [-0.15, -0.1) is 0 Å². The highest BCUT2D eigenvalue weighted by Gasteiger charge is 2.23. The molecular formula is C21H24O8. The van der Waals surface area contributed by atoms with Gasteiger partial charge in [0.05, 0.1) is 14.2 Å². The first-order valence-corrected chi connectivity index (χ1v) is 8.69. The molecule has 0 aliphatic rings.